The number of rotatable bonds is 4. The summed E-state index contributed by atoms with van der Waals surface area (Å²) in [4.78, 5) is 26.4. The first-order valence-corrected chi connectivity index (χ1v) is 5.48. The summed E-state index contributed by atoms with van der Waals surface area (Å²) in [5.74, 6) is -1.43. The van der Waals surface area contributed by atoms with E-state index in [0.29, 0.717) is 19.4 Å². The number of hydrogen-bond acceptors (Lipinski definition) is 4. The van der Waals surface area contributed by atoms with Crippen molar-refractivity contribution < 1.29 is 14.7 Å². The molecule has 1 amide bonds. The van der Waals surface area contributed by atoms with Gasteiger partial charge in [0, 0.05) is 5.38 Å². The van der Waals surface area contributed by atoms with Crippen molar-refractivity contribution in [3.05, 3.63) is 16.6 Å². The van der Waals surface area contributed by atoms with Crippen molar-refractivity contribution in [1.29, 1.82) is 0 Å². The third kappa shape index (κ3) is 1.85. The molecule has 5 nitrogen and oxygen atoms in total. The van der Waals surface area contributed by atoms with Crippen LogP contribution in [0.15, 0.2) is 10.9 Å². The zero-order valence-electron chi connectivity index (χ0n) is 7.90. The predicted molar refractivity (Wildman–Crippen MR) is 53.3 cm³/mol. The molecular formula is C9H10N2O3S. The normalized spacial score (nSPS) is 17.1. The van der Waals surface area contributed by atoms with Crippen LogP contribution in [0.5, 0.6) is 0 Å². The summed E-state index contributed by atoms with van der Waals surface area (Å²) in [6.45, 7) is 0.303. The molecule has 0 aromatic carbocycles. The van der Waals surface area contributed by atoms with Gasteiger partial charge < -0.3 is 10.4 Å². The van der Waals surface area contributed by atoms with Crippen LogP contribution >= 0.6 is 11.3 Å². The summed E-state index contributed by atoms with van der Waals surface area (Å²) in [7, 11) is 0. The van der Waals surface area contributed by atoms with Crippen molar-refractivity contribution in [1.82, 2.24) is 10.3 Å². The molecule has 0 atom stereocenters. The van der Waals surface area contributed by atoms with Gasteiger partial charge in [-0.15, -0.1) is 11.3 Å². The highest BCUT2D eigenvalue weighted by Crippen LogP contribution is 2.46. The van der Waals surface area contributed by atoms with E-state index in [2.05, 4.69) is 10.3 Å². The second-order valence-electron chi connectivity index (χ2n) is 3.55. The third-order valence-electron chi connectivity index (χ3n) is 2.51. The molecule has 1 aliphatic carbocycles. The molecule has 0 radical (unpaired) electrons. The Morgan fingerprint density at radius 3 is 2.80 bits per heavy atom. The number of aliphatic carboxylic acids is 1. The molecule has 1 fully saturated rings. The molecule has 1 saturated carbocycles. The van der Waals surface area contributed by atoms with Gasteiger partial charge in [0.1, 0.15) is 5.41 Å². The fourth-order valence-corrected chi connectivity index (χ4v) is 1.89. The van der Waals surface area contributed by atoms with E-state index in [9.17, 15) is 9.59 Å². The molecular weight excluding hydrogens is 216 g/mol. The van der Waals surface area contributed by atoms with Crippen LogP contribution in [0.25, 0.3) is 0 Å². The van der Waals surface area contributed by atoms with Crippen LogP contribution in [0.4, 0.5) is 0 Å². The van der Waals surface area contributed by atoms with Crippen molar-refractivity contribution in [2.24, 2.45) is 5.41 Å². The first-order chi connectivity index (χ1) is 7.15. The van der Waals surface area contributed by atoms with Crippen molar-refractivity contribution in [3.63, 3.8) is 0 Å². The molecule has 2 N–H and O–H groups in total. The van der Waals surface area contributed by atoms with Gasteiger partial charge in [-0.1, -0.05) is 0 Å². The molecule has 0 saturated heterocycles. The summed E-state index contributed by atoms with van der Waals surface area (Å²) >= 11 is 1.44. The van der Waals surface area contributed by atoms with E-state index in [-0.39, 0.29) is 0 Å². The largest absolute Gasteiger partial charge is 0.480 e. The van der Waals surface area contributed by atoms with Gasteiger partial charge in [-0.2, -0.15) is 0 Å². The molecule has 6 heteroatoms. The minimum Gasteiger partial charge on any atom is -0.480 e. The van der Waals surface area contributed by atoms with Crippen molar-refractivity contribution in [2.75, 3.05) is 0 Å². The van der Waals surface area contributed by atoms with Crippen LogP contribution in [0.3, 0.4) is 0 Å². The van der Waals surface area contributed by atoms with Gasteiger partial charge in [-0.05, 0) is 12.8 Å². The summed E-state index contributed by atoms with van der Waals surface area (Å²) in [5, 5.41) is 13.3. The Hall–Kier alpha value is -1.43. The lowest BCUT2D eigenvalue weighted by Gasteiger charge is -2.09. The maximum absolute atomic E-state index is 11.5. The Morgan fingerprint density at radius 2 is 2.33 bits per heavy atom. The van der Waals surface area contributed by atoms with Gasteiger partial charge in [-0.3, -0.25) is 9.59 Å². The van der Waals surface area contributed by atoms with E-state index in [0.717, 1.165) is 5.69 Å². The molecule has 0 unspecified atom stereocenters. The maximum Gasteiger partial charge on any atom is 0.319 e. The Balaban J connectivity index is 1.91. The number of carboxylic acids is 1. The lowest BCUT2D eigenvalue weighted by Crippen LogP contribution is -2.36. The van der Waals surface area contributed by atoms with E-state index in [1.54, 1.807) is 5.51 Å². The highest BCUT2D eigenvalue weighted by Gasteiger charge is 2.56. The minimum atomic E-state index is -1.16. The predicted octanol–water partition coefficient (Wildman–Crippen LogP) is 0.624. The second kappa shape index (κ2) is 3.62. The molecule has 0 aliphatic heterocycles. The number of carboxylic acid groups (broad SMARTS) is 1. The third-order valence-corrected chi connectivity index (χ3v) is 3.14. The monoisotopic (exact) mass is 226 g/mol. The molecule has 1 aliphatic rings. The van der Waals surface area contributed by atoms with Crippen LogP contribution in [-0.2, 0) is 16.1 Å². The Morgan fingerprint density at radius 1 is 1.60 bits per heavy atom. The van der Waals surface area contributed by atoms with E-state index >= 15 is 0 Å². The minimum absolute atomic E-state index is 0.303. The number of nitrogens with one attached hydrogen (secondary N) is 1. The Kier molecular flexibility index (Phi) is 2.44. The SMILES string of the molecule is O=C(O)C1(C(=O)NCc2cscn2)CC1. The number of nitrogens with zero attached hydrogens (tertiary/aromatic N) is 1. The Labute approximate surface area is 90.1 Å². The highest BCUT2D eigenvalue weighted by atomic mass is 32.1. The van der Waals surface area contributed by atoms with E-state index < -0.39 is 17.3 Å². The first kappa shape index (κ1) is 10.1. The molecule has 1 heterocycles. The topological polar surface area (TPSA) is 79.3 Å². The van der Waals surface area contributed by atoms with Gasteiger partial charge in [0.05, 0.1) is 17.7 Å². The number of amides is 1. The van der Waals surface area contributed by atoms with Gasteiger partial charge in [0.25, 0.3) is 0 Å². The molecule has 80 valence electrons. The van der Waals surface area contributed by atoms with Crippen LogP contribution in [0.2, 0.25) is 0 Å². The van der Waals surface area contributed by atoms with Crippen molar-refractivity contribution >= 4 is 23.2 Å². The molecule has 0 bridgehead atoms. The number of hydrogen-bond donors (Lipinski definition) is 2. The summed E-state index contributed by atoms with van der Waals surface area (Å²) in [5.41, 5.74) is 1.27. The van der Waals surface area contributed by atoms with Gasteiger partial charge in [0.2, 0.25) is 5.91 Å². The first-order valence-electron chi connectivity index (χ1n) is 4.54. The maximum atomic E-state index is 11.5. The molecule has 2 rings (SSSR count). The van der Waals surface area contributed by atoms with Crippen LogP contribution in [0, 0.1) is 5.41 Å². The fraction of sp³-hybridized carbons (Fsp3) is 0.444. The highest BCUT2D eigenvalue weighted by molar-refractivity contribution is 7.07. The lowest BCUT2D eigenvalue weighted by molar-refractivity contribution is -0.149. The Bertz CT molecular complexity index is 384. The zero-order valence-corrected chi connectivity index (χ0v) is 8.71. The summed E-state index contributed by atoms with van der Waals surface area (Å²) in [6.07, 6.45) is 0.871. The summed E-state index contributed by atoms with van der Waals surface area (Å²) < 4.78 is 0. The number of aromatic nitrogens is 1. The second-order valence-corrected chi connectivity index (χ2v) is 4.27. The standard InChI is InChI=1S/C9H10N2O3S/c12-7(9(1-2-9)8(13)14)10-3-6-4-15-5-11-6/h4-5H,1-3H2,(H,10,12)(H,13,14). The number of carbonyl (C=O) groups excluding carboxylic acids is 1. The van der Waals surface area contributed by atoms with Crippen molar-refractivity contribution in [3.8, 4) is 0 Å². The molecule has 15 heavy (non-hydrogen) atoms. The molecule has 1 aromatic rings. The fourth-order valence-electron chi connectivity index (χ4n) is 1.33. The average molecular weight is 226 g/mol. The van der Waals surface area contributed by atoms with Crippen LogP contribution in [-0.4, -0.2) is 22.0 Å². The smallest absolute Gasteiger partial charge is 0.319 e. The number of carbonyl (C=O) groups is 2. The summed E-state index contributed by atoms with van der Waals surface area (Å²) in [6, 6.07) is 0. The molecule has 0 spiro atoms. The lowest BCUT2D eigenvalue weighted by atomic mass is 10.1. The van der Waals surface area contributed by atoms with E-state index in [1.807, 2.05) is 5.38 Å². The van der Waals surface area contributed by atoms with Gasteiger partial charge in [0.15, 0.2) is 0 Å². The van der Waals surface area contributed by atoms with Crippen LogP contribution < -0.4 is 5.32 Å². The van der Waals surface area contributed by atoms with Crippen LogP contribution in [0.1, 0.15) is 18.5 Å². The average Bonchev–Trinajstić information content (AvgIpc) is 2.87. The number of thiazole rings is 1. The van der Waals surface area contributed by atoms with E-state index in [1.165, 1.54) is 11.3 Å². The molecule has 1 aromatic heterocycles. The zero-order chi connectivity index (χ0) is 10.9. The van der Waals surface area contributed by atoms with Gasteiger partial charge >= 0.3 is 5.97 Å². The quantitative estimate of drug-likeness (QED) is 0.738. The van der Waals surface area contributed by atoms with Crippen molar-refractivity contribution in [2.45, 2.75) is 19.4 Å². The van der Waals surface area contributed by atoms with E-state index in [4.69, 9.17) is 5.11 Å². The van der Waals surface area contributed by atoms with Gasteiger partial charge in [-0.25, -0.2) is 4.98 Å².